The second-order valence-electron chi connectivity index (χ2n) is 3.68. The van der Waals surface area contributed by atoms with E-state index >= 15 is 0 Å². The molecule has 0 radical (unpaired) electrons. The summed E-state index contributed by atoms with van der Waals surface area (Å²) in [7, 11) is 1.66. The van der Waals surface area contributed by atoms with Gasteiger partial charge in [0.05, 0.1) is 6.61 Å². The highest BCUT2D eigenvalue weighted by atomic mass is 19.4. The Morgan fingerprint density at radius 3 is 2.33 bits per heavy atom. The predicted octanol–water partition coefficient (Wildman–Crippen LogP) is 1.94. The number of nitrogens with two attached hydrogens (primary N) is 1. The van der Waals surface area contributed by atoms with Gasteiger partial charge in [-0.15, -0.1) is 13.2 Å². The predicted molar refractivity (Wildman–Crippen MR) is 62.7 cm³/mol. The lowest BCUT2D eigenvalue weighted by Gasteiger charge is -2.19. The SMILES string of the molecule is CN(CCOC(F)(F)F)c1ccc(C(=N)N)cc1. The van der Waals surface area contributed by atoms with Crippen LogP contribution in [0.4, 0.5) is 18.9 Å². The average Bonchev–Trinajstić information content (AvgIpc) is 2.27. The van der Waals surface area contributed by atoms with Gasteiger partial charge in [0, 0.05) is 24.8 Å². The van der Waals surface area contributed by atoms with E-state index in [4.69, 9.17) is 11.1 Å². The van der Waals surface area contributed by atoms with Gasteiger partial charge in [0.25, 0.3) is 0 Å². The van der Waals surface area contributed by atoms with Gasteiger partial charge in [0.15, 0.2) is 0 Å². The smallest absolute Gasteiger partial charge is 0.384 e. The van der Waals surface area contributed by atoms with Crippen molar-refractivity contribution in [1.82, 2.24) is 0 Å². The highest BCUT2D eigenvalue weighted by Gasteiger charge is 2.28. The number of ether oxygens (including phenoxy) is 1. The van der Waals surface area contributed by atoms with Crippen LogP contribution in [0.2, 0.25) is 0 Å². The van der Waals surface area contributed by atoms with Crippen LogP contribution in [0.1, 0.15) is 5.56 Å². The fourth-order valence-electron chi connectivity index (χ4n) is 1.32. The van der Waals surface area contributed by atoms with Crippen molar-refractivity contribution in [1.29, 1.82) is 5.41 Å². The first-order valence-electron chi connectivity index (χ1n) is 5.16. The van der Waals surface area contributed by atoms with E-state index in [1.807, 2.05) is 0 Å². The Hall–Kier alpha value is -1.76. The first kappa shape index (κ1) is 14.3. The summed E-state index contributed by atoms with van der Waals surface area (Å²) >= 11 is 0. The van der Waals surface area contributed by atoms with Crippen molar-refractivity contribution in [3.8, 4) is 0 Å². The van der Waals surface area contributed by atoms with Crippen LogP contribution in [0.5, 0.6) is 0 Å². The molecule has 4 nitrogen and oxygen atoms in total. The van der Waals surface area contributed by atoms with E-state index in [0.29, 0.717) is 5.56 Å². The Morgan fingerprint density at radius 1 is 1.33 bits per heavy atom. The van der Waals surface area contributed by atoms with E-state index in [1.165, 1.54) is 0 Å². The van der Waals surface area contributed by atoms with Crippen LogP contribution in [0.3, 0.4) is 0 Å². The van der Waals surface area contributed by atoms with Crippen molar-refractivity contribution in [3.05, 3.63) is 29.8 Å². The van der Waals surface area contributed by atoms with Gasteiger partial charge in [-0.05, 0) is 24.3 Å². The summed E-state index contributed by atoms with van der Waals surface area (Å²) < 4.78 is 39.0. The Bertz CT molecular complexity index is 403. The Morgan fingerprint density at radius 2 is 1.89 bits per heavy atom. The van der Waals surface area contributed by atoms with Gasteiger partial charge < -0.3 is 10.6 Å². The molecule has 0 bridgehead atoms. The van der Waals surface area contributed by atoms with Crippen LogP contribution in [0.25, 0.3) is 0 Å². The number of nitrogens with one attached hydrogen (secondary N) is 1. The molecule has 0 atom stereocenters. The van der Waals surface area contributed by atoms with Crippen LogP contribution in [-0.2, 0) is 4.74 Å². The molecule has 0 saturated heterocycles. The molecule has 0 aliphatic rings. The van der Waals surface area contributed by atoms with Gasteiger partial charge in [0.2, 0.25) is 0 Å². The number of hydrogen-bond acceptors (Lipinski definition) is 3. The Kier molecular flexibility index (Phi) is 4.55. The van der Waals surface area contributed by atoms with Crippen molar-refractivity contribution in [2.75, 3.05) is 25.1 Å². The van der Waals surface area contributed by atoms with Gasteiger partial charge in [0.1, 0.15) is 5.84 Å². The zero-order chi connectivity index (χ0) is 13.8. The number of nitrogen functional groups attached to an aromatic ring is 1. The number of amidine groups is 1. The van der Waals surface area contributed by atoms with E-state index in [1.54, 1.807) is 36.2 Å². The molecule has 0 saturated carbocycles. The summed E-state index contributed by atoms with van der Waals surface area (Å²) in [6.07, 6.45) is -4.60. The third kappa shape index (κ3) is 4.62. The van der Waals surface area contributed by atoms with Crippen LogP contribution in [0.15, 0.2) is 24.3 Å². The summed E-state index contributed by atoms with van der Waals surface area (Å²) in [6, 6.07) is 6.65. The molecule has 1 aromatic carbocycles. The largest absolute Gasteiger partial charge is 0.522 e. The molecule has 0 amide bonds. The van der Waals surface area contributed by atoms with Gasteiger partial charge in [-0.2, -0.15) is 0 Å². The number of benzene rings is 1. The summed E-state index contributed by atoms with van der Waals surface area (Å²) in [6.45, 7) is -0.326. The van der Waals surface area contributed by atoms with Crippen molar-refractivity contribution in [2.45, 2.75) is 6.36 Å². The molecular formula is C11H14F3N3O. The highest BCUT2D eigenvalue weighted by Crippen LogP contribution is 2.17. The van der Waals surface area contributed by atoms with Crippen LogP contribution < -0.4 is 10.6 Å². The molecule has 0 aliphatic heterocycles. The maximum absolute atomic E-state index is 11.8. The Labute approximate surface area is 103 Å². The summed E-state index contributed by atoms with van der Waals surface area (Å²) in [5, 5.41) is 7.21. The lowest BCUT2D eigenvalue weighted by molar-refractivity contribution is -0.323. The van der Waals surface area contributed by atoms with Crippen molar-refractivity contribution in [3.63, 3.8) is 0 Å². The van der Waals surface area contributed by atoms with Crippen molar-refractivity contribution < 1.29 is 17.9 Å². The normalized spacial score (nSPS) is 11.3. The molecule has 0 heterocycles. The van der Waals surface area contributed by atoms with Gasteiger partial charge in [-0.1, -0.05) is 0 Å². The number of anilines is 1. The number of rotatable bonds is 5. The molecule has 7 heteroatoms. The molecule has 100 valence electrons. The molecule has 0 aliphatic carbocycles. The van der Waals surface area contributed by atoms with Crippen molar-refractivity contribution in [2.24, 2.45) is 5.73 Å². The van der Waals surface area contributed by atoms with Crippen molar-refractivity contribution >= 4 is 11.5 Å². The van der Waals surface area contributed by atoms with Crippen LogP contribution in [0, 0.1) is 5.41 Å². The number of alkyl halides is 3. The lowest BCUT2D eigenvalue weighted by atomic mass is 10.2. The van der Waals surface area contributed by atoms with E-state index in [2.05, 4.69) is 4.74 Å². The highest BCUT2D eigenvalue weighted by molar-refractivity contribution is 5.95. The van der Waals surface area contributed by atoms with Crippen LogP contribution >= 0.6 is 0 Å². The monoisotopic (exact) mass is 261 g/mol. The van der Waals surface area contributed by atoms with Gasteiger partial charge >= 0.3 is 6.36 Å². The molecule has 0 spiro atoms. The number of halogens is 3. The molecule has 1 rings (SSSR count). The summed E-state index contributed by atoms with van der Waals surface area (Å²) in [5.41, 5.74) is 6.59. The van der Waals surface area contributed by atoms with E-state index in [-0.39, 0.29) is 12.4 Å². The average molecular weight is 261 g/mol. The third-order valence-corrected chi connectivity index (χ3v) is 2.31. The summed E-state index contributed by atoms with van der Waals surface area (Å²) in [5.74, 6) is -0.0513. The fraction of sp³-hybridized carbons (Fsp3) is 0.364. The first-order valence-corrected chi connectivity index (χ1v) is 5.16. The Balaban J connectivity index is 2.51. The van der Waals surface area contributed by atoms with E-state index in [9.17, 15) is 13.2 Å². The zero-order valence-electron chi connectivity index (χ0n) is 9.79. The minimum absolute atomic E-state index is 0.0513. The molecule has 1 aromatic rings. The topological polar surface area (TPSA) is 62.3 Å². The molecule has 0 unspecified atom stereocenters. The maximum Gasteiger partial charge on any atom is 0.522 e. The molecule has 0 aromatic heterocycles. The number of likely N-dealkylation sites (N-methyl/N-ethyl adjacent to an activating group) is 1. The maximum atomic E-state index is 11.8. The van der Waals surface area contributed by atoms with Gasteiger partial charge in [-0.3, -0.25) is 10.1 Å². The molecule has 0 fully saturated rings. The summed E-state index contributed by atoms with van der Waals surface area (Å²) in [4.78, 5) is 1.62. The second kappa shape index (κ2) is 5.72. The minimum atomic E-state index is -4.60. The zero-order valence-corrected chi connectivity index (χ0v) is 9.79. The van der Waals surface area contributed by atoms with Crippen LogP contribution in [-0.4, -0.2) is 32.4 Å². The standard InChI is InChI=1S/C11H14F3N3O/c1-17(6-7-18-11(12,13)14)9-4-2-8(3-5-9)10(15)16/h2-5H,6-7H2,1H3,(H3,15,16). The van der Waals surface area contributed by atoms with E-state index < -0.39 is 13.0 Å². The van der Waals surface area contributed by atoms with Gasteiger partial charge in [-0.25, -0.2) is 0 Å². The lowest BCUT2D eigenvalue weighted by Crippen LogP contribution is -2.26. The molecule has 3 N–H and O–H groups in total. The fourth-order valence-corrected chi connectivity index (χ4v) is 1.32. The molecule has 18 heavy (non-hydrogen) atoms. The number of hydrogen-bond donors (Lipinski definition) is 2. The molecular weight excluding hydrogens is 247 g/mol. The quantitative estimate of drug-likeness (QED) is 0.629. The second-order valence-corrected chi connectivity index (χ2v) is 3.68. The van der Waals surface area contributed by atoms with E-state index in [0.717, 1.165) is 5.69 Å². The number of nitrogens with zero attached hydrogens (tertiary/aromatic N) is 1. The third-order valence-electron chi connectivity index (χ3n) is 2.31. The minimum Gasteiger partial charge on any atom is -0.384 e. The first-order chi connectivity index (χ1) is 8.29.